The van der Waals surface area contributed by atoms with Crippen LogP contribution in [0, 0.1) is 0 Å². The molecule has 0 aromatic heterocycles. The van der Waals surface area contributed by atoms with Gasteiger partial charge in [-0.3, -0.25) is 5.43 Å². The van der Waals surface area contributed by atoms with Crippen LogP contribution in [0.4, 0.5) is 5.69 Å². The molecule has 1 N–H and O–H groups in total. The number of nitrogens with zero attached hydrogens (tertiary/aromatic N) is 1. The molecule has 2 rings (SSSR count). The largest absolute Gasteiger partial charge is 0.492 e. The summed E-state index contributed by atoms with van der Waals surface area (Å²) in [4.78, 5) is 0. The molecule has 2 aromatic carbocycles. The molecule has 0 unspecified atom stereocenters. The maximum atomic E-state index is 5.95. The zero-order valence-corrected chi connectivity index (χ0v) is 16.2. The van der Waals surface area contributed by atoms with E-state index in [1.165, 1.54) is 0 Å². The van der Waals surface area contributed by atoms with Crippen molar-refractivity contribution in [2.75, 3.05) is 12.0 Å². The maximum absolute atomic E-state index is 5.95. The number of nitrogens with one attached hydrogen (secondary N) is 1. The lowest BCUT2D eigenvalue weighted by molar-refractivity contribution is 0.336. The highest BCUT2D eigenvalue weighted by Crippen LogP contribution is 2.34. The van der Waals surface area contributed by atoms with Gasteiger partial charge in [0, 0.05) is 0 Å². The predicted molar refractivity (Wildman–Crippen MR) is 101 cm³/mol. The van der Waals surface area contributed by atoms with Crippen molar-refractivity contribution in [2.24, 2.45) is 5.10 Å². The van der Waals surface area contributed by atoms with Gasteiger partial charge in [0.25, 0.3) is 0 Å². The predicted octanol–water partition coefficient (Wildman–Crippen LogP) is 6.36. The van der Waals surface area contributed by atoms with E-state index in [-0.39, 0.29) is 0 Å². The lowest BCUT2D eigenvalue weighted by Gasteiger charge is -2.09. The third-order valence-corrected chi connectivity index (χ3v) is 4.55. The zero-order chi connectivity index (χ0) is 16.1. The van der Waals surface area contributed by atoms with E-state index in [9.17, 15) is 0 Å². The first-order chi connectivity index (χ1) is 10.5. The molecule has 0 saturated heterocycles. The number of hydrazone groups is 1. The Morgan fingerprint density at radius 3 is 2.41 bits per heavy atom. The number of benzene rings is 2. The molecule has 0 saturated carbocycles. The first-order valence-corrected chi connectivity index (χ1v) is 8.71. The van der Waals surface area contributed by atoms with Gasteiger partial charge in [0.1, 0.15) is 5.75 Å². The van der Waals surface area contributed by atoms with Gasteiger partial charge < -0.3 is 4.74 Å². The zero-order valence-electron chi connectivity index (χ0n) is 11.5. The van der Waals surface area contributed by atoms with Gasteiger partial charge in [0.2, 0.25) is 0 Å². The van der Waals surface area contributed by atoms with E-state index in [1.54, 1.807) is 24.4 Å². The molecular formula is C15H12Br2Cl2N2O. The minimum atomic E-state index is 0.480. The fourth-order valence-electron chi connectivity index (χ4n) is 1.68. The molecule has 116 valence electrons. The van der Waals surface area contributed by atoms with Crippen molar-refractivity contribution in [3.63, 3.8) is 0 Å². The highest BCUT2D eigenvalue weighted by atomic mass is 79.9. The van der Waals surface area contributed by atoms with Gasteiger partial charge in [0.15, 0.2) is 0 Å². The Morgan fingerprint density at radius 2 is 1.82 bits per heavy atom. The third kappa shape index (κ3) is 4.62. The Balaban J connectivity index is 2.11. The second-order valence-corrected chi connectivity index (χ2v) is 6.77. The van der Waals surface area contributed by atoms with Gasteiger partial charge in [-0.05, 0) is 74.7 Å². The smallest absolute Gasteiger partial charge is 0.147 e. The number of anilines is 1. The van der Waals surface area contributed by atoms with E-state index >= 15 is 0 Å². The molecule has 7 heteroatoms. The van der Waals surface area contributed by atoms with E-state index < -0.39 is 0 Å². The highest BCUT2D eigenvalue weighted by molar-refractivity contribution is 9.11. The van der Waals surface area contributed by atoms with E-state index in [0.717, 1.165) is 25.9 Å². The highest BCUT2D eigenvalue weighted by Gasteiger charge is 2.07. The second-order valence-electron chi connectivity index (χ2n) is 4.25. The molecule has 0 amide bonds. The number of halogens is 4. The van der Waals surface area contributed by atoms with Crippen molar-refractivity contribution in [3.8, 4) is 5.75 Å². The molecular weight excluding hydrogens is 455 g/mol. The Bertz CT molecular complexity index is 685. The third-order valence-electron chi connectivity index (χ3n) is 2.64. The molecule has 0 spiro atoms. The summed E-state index contributed by atoms with van der Waals surface area (Å²) >= 11 is 18.8. The summed E-state index contributed by atoms with van der Waals surface area (Å²) in [5.41, 5.74) is 4.58. The van der Waals surface area contributed by atoms with Gasteiger partial charge in [-0.1, -0.05) is 23.2 Å². The lowest BCUT2D eigenvalue weighted by Crippen LogP contribution is -1.96. The first kappa shape index (κ1) is 17.6. The molecule has 0 bridgehead atoms. The summed E-state index contributed by atoms with van der Waals surface area (Å²) in [5.74, 6) is 0.775. The van der Waals surface area contributed by atoms with Crippen molar-refractivity contribution in [1.82, 2.24) is 0 Å². The van der Waals surface area contributed by atoms with Crippen LogP contribution in [0.15, 0.2) is 44.4 Å². The molecule has 0 radical (unpaired) electrons. The van der Waals surface area contributed by atoms with Gasteiger partial charge in [-0.15, -0.1) is 0 Å². The van der Waals surface area contributed by atoms with E-state index in [4.69, 9.17) is 27.9 Å². The van der Waals surface area contributed by atoms with Gasteiger partial charge in [-0.2, -0.15) is 5.10 Å². The molecule has 0 aliphatic carbocycles. The Labute approximate surface area is 155 Å². The fraction of sp³-hybridized carbons (Fsp3) is 0.133. The lowest BCUT2D eigenvalue weighted by atomic mass is 10.2. The van der Waals surface area contributed by atoms with Crippen molar-refractivity contribution in [3.05, 3.63) is 54.9 Å². The van der Waals surface area contributed by atoms with Crippen LogP contribution >= 0.6 is 55.1 Å². The molecule has 0 heterocycles. The molecule has 22 heavy (non-hydrogen) atoms. The Kier molecular flexibility index (Phi) is 6.56. The molecule has 0 aliphatic rings. The van der Waals surface area contributed by atoms with Crippen LogP contribution in [0.3, 0.4) is 0 Å². The summed E-state index contributed by atoms with van der Waals surface area (Å²) in [7, 11) is 0. The maximum Gasteiger partial charge on any atom is 0.147 e. The number of ether oxygens (including phenoxy) is 1. The normalized spacial score (nSPS) is 11.0. The summed E-state index contributed by atoms with van der Waals surface area (Å²) in [6, 6.07) is 9.08. The standard InChI is InChI=1S/C15H12Br2Cl2N2O/c1-2-22-15-11(16)5-9(6-12(15)17)8-20-21-10-3-4-13(18)14(19)7-10/h3-8,21H,2H2,1H3. The number of hydrogen-bond acceptors (Lipinski definition) is 3. The Hall–Kier alpha value is -0.750. The summed E-state index contributed by atoms with van der Waals surface area (Å²) in [6.07, 6.45) is 1.70. The molecule has 0 fully saturated rings. The van der Waals surface area contributed by atoms with Gasteiger partial charge in [0.05, 0.1) is 37.5 Å². The van der Waals surface area contributed by atoms with Crippen molar-refractivity contribution in [2.45, 2.75) is 6.92 Å². The Morgan fingerprint density at radius 1 is 1.14 bits per heavy atom. The quantitative estimate of drug-likeness (QED) is 0.410. The molecule has 0 aliphatic heterocycles. The summed E-state index contributed by atoms with van der Waals surface area (Å²) in [6.45, 7) is 2.54. The minimum absolute atomic E-state index is 0.480. The summed E-state index contributed by atoms with van der Waals surface area (Å²) < 4.78 is 7.26. The van der Waals surface area contributed by atoms with Gasteiger partial charge in [-0.25, -0.2) is 0 Å². The van der Waals surface area contributed by atoms with Crippen molar-refractivity contribution < 1.29 is 4.74 Å². The van der Waals surface area contributed by atoms with Crippen LogP contribution in [0.1, 0.15) is 12.5 Å². The fourth-order valence-corrected chi connectivity index (χ4v) is 3.43. The monoisotopic (exact) mass is 464 g/mol. The van der Waals surface area contributed by atoms with Crippen LogP contribution in [0.25, 0.3) is 0 Å². The van der Waals surface area contributed by atoms with Crippen LogP contribution in [0.2, 0.25) is 10.0 Å². The minimum Gasteiger partial charge on any atom is -0.492 e. The second kappa shape index (κ2) is 8.20. The average molecular weight is 467 g/mol. The first-order valence-electron chi connectivity index (χ1n) is 6.37. The van der Waals surface area contributed by atoms with Gasteiger partial charge >= 0.3 is 0 Å². The van der Waals surface area contributed by atoms with E-state index in [1.807, 2.05) is 19.1 Å². The summed E-state index contributed by atoms with van der Waals surface area (Å²) in [5, 5.41) is 5.17. The molecule has 3 nitrogen and oxygen atoms in total. The van der Waals surface area contributed by atoms with Crippen molar-refractivity contribution in [1.29, 1.82) is 0 Å². The van der Waals surface area contributed by atoms with Crippen LogP contribution in [-0.2, 0) is 0 Å². The van der Waals surface area contributed by atoms with Crippen LogP contribution in [0.5, 0.6) is 5.75 Å². The number of rotatable bonds is 5. The number of hydrogen-bond donors (Lipinski definition) is 1. The van der Waals surface area contributed by atoms with Crippen LogP contribution in [-0.4, -0.2) is 12.8 Å². The average Bonchev–Trinajstić information content (AvgIpc) is 2.47. The molecule has 0 atom stereocenters. The van der Waals surface area contributed by atoms with E-state index in [2.05, 4.69) is 42.4 Å². The van der Waals surface area contributed by atoms with Crippen molar-refractivity contribution >= 4 is 67.0 Å². The van der Waals surface area contributed by atoms with E-state index in [0.29, 0.717) is 16.7 Å². The molecule has 2 aromatic rings. The SMILES string of the molecule is CCOc1c(Br)cc(C=NNc2ccc(Cl)c(Cl)c2)cc1Br. The topological polar surface area (TPSA) is 33.6 Å². The van der Waals surface area contributed by atoms with Crippen LogP contribution < -0.4 is 10.2 Å².